The fourth-order valence-corrected chi connectivity index (χ4v) is 2.87. The summed E-state index contributed by atoms with van der Waals surface area (Å²) in [6.45, 7) is 1.81. The summed E-state index contributed by atoms with van der Waals surface area (Å²) < 4.78 is 22.8. The van der Waals surface area contributed by atoms with E-state index in [-0.39, 0.29) is 0 Å². The van der Waals surface area contributed by atoms with Crippen LogP contribution in [0.4, 0.5) is 0 Å². The van der Waals surface area contributed by atoms with Crippen LogP contribution in [0.5, 0.6) is 0 Å². The Morgan fingerprint density at radius 2 is 2.00 bits per heavy atom. The maximum absolute atomic E-state index is 11.4. The lowest BCUT2D eigenvalue weighted by Crippen LogP contribution is -1.96. The van der Waals surface area contributed by atoms with Gasteiger partial charge in [0, 0.05) is 5.41 Å². The molecule has 0 N–H and O–H groups in total. The van der Waals surface area contributed by atoms with Crippen LogP contribution in [0.3, 0.4) is 0 Å². The quantitative estimate of drug-likeness (QED) is 0.609. The van der Waals surface area contributed by atoms with Crippen LogP contribution < -0.4 is 0 Å². The van der Waals surface area contributed by atoms with Gasteiger partial charge in [0.1, 0.15) is 0 Å². The Bertz CT molecular complexity index is 455. The van der Waals surface area contributed by atoms with Gasteiger partial charge in [-0.05, 0) is 24.1 Å². The summed E-state index contributed by atoms with van der Waals surface area (Å²) in [6.07, 6.45) is 1.64. The Kier molecular flexibility index (Phi) is 1.38. The summed E-state index contributed by atoms with van der Waals surface area (Å²) in [5.74, 6) is 0. The second-order valence-electron chi connectivity index (χ2n) is 2.84. The minimum atomic E-state index is -3.12. The highest BCUT2D eigenvalue weighted by molar-refractivity contribution is 7.94. The third-order valence-electron chi connectivity index (χ3n) is 1.95. The van der Waals surface area contributed by atoms with Crippen molar-refractivity contribution < 1.29 is 8.42 Å². The molecule has 0 saturated carbocycles. The van der Waals surface area contributed by atoms with Crippen molar-refractivity contribution in [1.82, 2.24) is 0 Å². The molecule has 0 amide bonds. The summed E-state index contributed by atoms with van der Waals surface area (Å²) >= 11 is 0. The van der Waals surface area contributed by atoms with Crippen molar-refractivity contribution in [2.45, 2.75) is 11.8 Å². The molecule has 62 valence electrons. The van der Waals surface area contributed by atoms with Gasteiger partial charge in [0.15, 0.2) is 0 Å². The van der Waals surface area contributed by atoms with Crippen molar-refractivity contribution in [3.8, 4) is 0 Å². The molecule has 3 heteroatoms. The first-order chi connectivity index (χ1) is 5.61. The lowest BCUT2D eigenvalue weighted by molar-refractivity contribution is 0.605. The number of fused-ring (bicyclic) bond motifs is 1. The zero-order valence-corrected chi connectivity index (χ0v) is 7.43. The van der Waals surface area contributed by atoms with Crippen molar-refractivity contribution >= 4 is 15.9 Å². The summed E-state index contributed by atoms with van der Waals surface area (Å²) in [4.78, 5) is 0.463. The van der Waals surface area contributed by atoms with Gasteiger partial charge < -0.3 is 0 Å². The fourth-order valence-electron chi connectivity index (χ4n) is 1.43. The van der Waals surface area contributed by atoms with Crippen LogP contribution in [0.1, 0.15) is 11.1 Å². The monoisotopic (exact) mass is 180 g/mol. The highest BCUT2D eigenvalue weighted by Gasteiger charge is 2.21. The predicted molar refractivity (Wildman–Crippen MR) is 47.4 cm³/mol. The van der Waals surface area contributed by atoms with Crippen LogP contribution in [-0.4, -0.2) is 8.42 Å². The van der Waals surface area contributed by atoms with Gasteiger partial charge in [0.25, 0.3) is 0 Å². The van der Waals surface area contributed by atoms with Crippen molar-refractivity contribution in [3.05, 3.63) is 34.7 Å². The highest BCUT2D eigenvalue weighted by Crippen LogP contribution is 2.28. The van der Waals surface area contributed by atoms with E-state index in [1.165, 1.54) is 5.41 Å². The third kappa shape index (κ3) is 0.898. The minimum absolute atomic E-state index is 0.463. The first kappa shape index (κ1) is 7.55. The van der Waals surface area contributed by atoms with E-state index < -0.39 is 9.84 Å². The predicted octanol–water partition coefficient (Wildman–Crippen LogP) is 1.75. The first-order valence-corrected chi connectivity index (χ1v) is 5.19. The van der Waals surface area contributed by atoms with Crippen LogP contribution >= 0.6 is 0 Å². The second kappa shape index (κ2) is 2.20. The standard InChI is InChI=1S/C9H8O2S/c1-7-3-2-4-8-5-6-12(10,11)9(7)8/h2-6H,1H3. The average molecular weight is 180 g/mol. The van der Waals surface area contributed by atoms with Crippen molar-refractivity contribution in [3.63, 3.8) is 0 Å². The lowest BCUT2D eigenvalue weighted by atomic mass is 10.1. The smallest absolute Gasteiger partial charge is 0.200 e. The number of aryl methyl sites for hydroxylation is 1. The summed E-state index contributed by atoms with van der Waals surface area (Å²) in [7, 11) is -3.12. The molecule has 12 heavy (non-hydrogen) atoms. The molecule has 0 spiro atoms. The van der Waals surface area contributed by atoms with Gasteiger partial charge in [0.2, 0.25) is 9.84 Å². The molecule has 1 aromatic carbocycles. The van der Waals surface area contributed by atoms with Crippen molar-refractivity contribution in [1.29, 1.82) is 0 Å². The van der Waals surface area contributed by atoms with E-state index in [0.29, 0.717) is 4.90 Å². The first-order valence-electron chi connectivity index (χ1n) is 3.64. The molecular formula is C9H8O2S. The van der Waals surface area contributed by atoms with Crippen LogP contribution in [0.2, 0.25) is 0 Å². The van der Waals surface area contributed by atoms with Gasteiger partial charge in [-0.3, -0.25) is 0 Å². The number of hydrogen-bond acceptors (Lipinski definition) is 2. The molecular weight excluding hydrogens is 172 g/mol. The summed E-state index contributed by atoms with van der Waals surface area (Å²) in [5.41, 5.74) is 1.62. The number of hydrogen-bond donors (Lipinski definition) is 0. The molecule has 1 aliphatic rings. The zero-order valence-electron chi connectivity index (χ0n) is 6.61. The Morgan fingerprint density at radius 3 is 2.67 bits per heavy atom. The Balaban J connectivity index is 2.88. The van der Waals surface area contributed by atoms with Gasteiger partial charge in [-0.25, -0.2) is 8.42 Å². The minimum Gasteiger partial charge on any atom is -0.219 e. The lowest BCUT2D eigenvalue weighted by Gasteiger charge is -2.01. The molecule has 0 saturated heterocycles. The highest BCUT2D eigenvalue weighted by atomic mass is 32.2. The van der Waals surface area contributed by atoms with E-state index in [1.807, 2.05) is 25.1 Å². The van der Waals surface area contributed by atoms with E-state index in [4.69, 9.17) is 0 Å². The SMILES string of the molecule is Cc1cccc2c1S(=O)(=O)C=C2. The molecule has 0 aromatic heterocycles. The van der Waals surface area contributed by atoms with E-state index in [1.54, 1.807) is 6.08 Å². The molecule has 1 heterocycles. The number of rotatable bonds is 0. The van der Waals surface area contributed by atoms with Gasteiger partial charge >= 0.3 is 0 Å². The summed E-state index contributed by atoms with van der Waals surface area (Å²) in [5, 5.41) is 1.25. The molecule has 1 aromatic rings. The maximum atomic E-state index is 11.4. The van der Waals surface area contributed by atoms with E-state index >= 15 is 0 Å². The largest absolute Gasteiger partial charge is 0.219 e. The Hall–Kier alpha value is -1.09. The second-order valence-corrected chi connectivity index (χ2v) is 4.61. The average Bonchev–Trinajstić information content (AvgIpc) is 2.29. The molecule has 0 unspecified atom stereocenters. The maximum Gasteiger partial charge on any atom is 0.200 e. The van der Waals surface area contributed by atoms with Crippen molar-refractivity contribution in [2.24, 2.45) is 0 Å². The molecule has 0 fully saturated rings. The molecule has 2 nitrogen and oxygen atoms in total. The molecule has 0 radical (unpaired) electrons. The van der Waals surface area contributed by atoms with Gasteiger partial charge in [0.05, 0.1) is 4.90 Å². The van der Waals surface area contributed by atoms with Crippen molar-refractivity contribution in [2.75, 3.05) is 0 Å². The van der Waals surface area contributed by atoms with E-state index in [0.717, 1.165) is 11.1 Å². The van der Waals surface area contributed by atoms with Gasteiger partial charge in [-0.15, -0.1) is 0 Å². The fraction of sp³-hybridized carbons (Fsp3) is 0.111. The van der Waals surface area contributed by atoms with E-state index in [2.05, 4.69) is 0 Å². The Labute approximate surface area is 71.5 Å². The van der Waals surface area contributed by atoms with Crippen LogP contribution in [-0.2, 0) is 9.84 Å². The molecule has 0 bridgehead atoms. The zero-order chi connectivity index (χ0) is 8.77. The summed E-state index contributed by atoms with van der Waals surface area (Å²) in [6, 6.07) is 5.48. The normalized spacial score (nSPS) is 17.8. The topological polar surface area (TPSA) is 34.1 Å². The van der Waals surface area contributed by atoms with Crippen LogP contribution in [0.15, 0.2) is 28.5 Å². The Morgan fingerprint density at radius 1 is 1.25 bits per heavy atom. The molecule has 2 rings (SSSR count). The molecule has 1 aliphatic heterocycles. The van der Waals surface area contributed by atoms with Crippen LogP contribution in [0.25, 0.3) is 6.08 Å². The number of benzene rings is 1. The van der Waals surface area contributed by atoms with Gasteiger partial charge in [-0.2, -0.15) is 0 Å². The molecule has 0 atom stereocenters. The third-order valence-corrected chi connectivity index (χ3v) is 3.57. The molecule has 0 aliphatic carbocycles. The van der Waals surface area contributed by atoms with Gasteiger partial charge in [-0.1, -0.05) is 18.2 Å². The number of sulfone groups is 1. The van der Waals surface area contributed by atoms with Crippen LogP contribution in [0, 0.1) is 6.92 Å². The van der Waals surface area contributed by atoms with E-state index in [9.17, 15) is 8.42 Å².